The Kier molecular flexibility index (Phi) is 5.70. The van der Waals surface area contributed by atoms with E-state index in [0.29, 0.717) is 32.4 Å². The van der Waals surface area contributed by atoms with Crippen LogP contribution in [0, 0.1) is 5.92 Å². The first kappa shape index (κ1) is 18.9. The summed E-state index contributed by atoms with van der Waals surface area (Å²) in [6, 6.07) is 15.3. The molecule has 6 nitrogen and oxygen atoms in total. The predicted octanol–water partition coefficient (Wildman–Crippen LogP) is 3.79. The van der Waals surface area contributed by atoms with Gasteiger partial charge in [-0.3, -0.25) is 14.6 Å². The van der Waals surface area contributed by atoms with E-state index in [1.807, 2.05) is 48.5 Å². The van der Waals surface area contributed by atoms with Crippen molar-refractivity contribution in [2.75, 3.05) is 5.32 Å². The number of benzene rings is 1. The number of furan rings is 1. The molecule has 1 aliphatic heterocycles. The molecule has 1 aliphatic rings. The van der Waals surface area contributed by atoms with Gasteiger partial charge in [0.1, 0.15) is 5.76 Å². The summed E-state index contributed by atoms with van der Waals surface area (Å²) in [5.41, 5.74) is 2.94. The van der Waals surface area contributed by atoms with Gasteiger partial charge in [-0.15, -0.1) is 0 Å². The molecule has 3 aromatic rings. The lowest BCUT2D eigenvalue weighted by Crippen LogP contribution is -2.33. The molecule has 1 N–H and O–H groups in total. The van der Waals surface area contributed by atoms with Crippen molar-refractivity contribution in [3.05, 3.63) is 84.1 Å². The molecule has 6 heteroatoms. The maximum absolute atomic E-state index is 13.0. The van der Waals surface area contributed by atoms with Crippen molar-refractivity contribution < 1.29 is 14.0 Å². The lowest BCUT2D eigenvalue weighted by atomic mass is 9.89. The van der Waals surface area contributed by atoms with Crippen LogP contribution in [0.25, 0.3) is 0 Å². The molecule has 1 atom stereocenters. The van der Waals surface area contributed by atoms with E-state index in [0.717, 1.165) is 22.6 Å². The minimum atomic E-state index is -0.197. The van der Waals surface area contributed by atoms with Crippen molar-refractivity contribution in [2.24, 2.45) is 5.92 Å². The molecule has 3 heterocycles. The fourth-order valence-corrected chi connectivity index (χ4v) is 3.64. The van der Waals surface area contributed by atoms with Crippen LogP contribution >= 0.6 is 0 Å². The van der Waals surface area contributed by atoms with Crippen LogP contribution in [0.5, 0.6) is 0 Å². The molecule has 0 saturated carbocycles. The van der Waals surface area contributed by atoms with E-state index in [9.17, 15) is 9.59 Å². The minimum absolute atomic E-state index is 0.00286. The number of amides is 2. The summed E-state index contributed by atoms with van der Waals surface area (Å²) in [5, 5.41) is 2.95. The molecule has 0 radical (unpaired) electrons. The molecule has 1 aromatic carbocycles. The smallest absolute Gasteiger partial charge is 0.227 e. The lowest BCUT2D eigenvalue weighted by Gasteiger charge is -2.26. The fourth-order valence-electron chi connectivity index (χ4n) is 3.64. The summed E-state index contributed by atoms with van der Waals surface area (Å²) in [6.07, 6.45) is 6.56. The van der Waals surface area contributed by atoms with E-state index in [4.69, 9.17) is 4.42 Å². The highest BCUT2D eigenvalue weighted by Gasteiger charge is 2.27. The third-order valence-electron chi connectivity index (χ3n) is 5.19. The normalized spacial score (nSPS) is 15.4. The number of nitrogens with one attached hydrogen (secondary N) is 1. The van der Waals surface area contributed by atoms with Crippen LogP contribution in [0.3, 0.4) is 0 Å². The molecule has 1 unspecified atom stereocenters. The van der Waals surface area contributed by atoms with Crippen LogP contribution in [0.1, 0.15) is 29.7 Å². The largest absolute Gasteiger partial charge is 0.467 e. The molecule has 148 valence electrons. The molecule has 0 saturated heterocycles. The number of para-hydroxylation sites is 1. The quantitative estimate of drug-likeness (QED) is 0.667. The van der Waals surface area contributed by atoms with Gasteiger partial charge in [-0.05, 0) is 48.2 Å². The van der Waals surface area contributed by atoms with Gasteiger partial charge in [0, 0.05) is 37.0 Å². The monoisotopic (exact) mass is 389 g/mol. The minimum Gasteiger partial charge on any atom is -0.467 e. The number of carbonyl (C=O) groups is 2. The van der Waals surface area contributed by atoms with E-state index < -0.39 is 0 Å². The van der Waals surface area contributed by atoms with Gasteiger partial charge in [-0.25, -0.2) is 0 Å². The van der Waals surface area contributed by atoms with E-state index in [1.165, 1.54) is 0 Å². The topological polar surface area (TPSA) is 75.4 Å². The maximum atomic E-state index is 13.0. The molecule has 4 rings (SSSR count). The van der Waals surface area contributed by atoms with Gasteiger partial charge >= 0.3 is 0 Å². The molecule has 0 aliphatic carbocycles. The van der Waals surface area contributed by atoms with Crippen molar-refractivity contribution in [2.45, 2.75) is 32.4 Å². The van der Waals surface area contributed by atoms with Crippen LogP contribution in [0.15, 0.2) is 71.6 Å². The zero-order valence-electron chi connectivity index (χ0n) is 16.1. The Bertz CT molecular complexity index is 970. The molecular weight excluding hydrogens is 366 g/mol. The van der Waals surface area contributed by atoms with Crippen molar-refractivity contribution >= 4 is 17.5 Å². The second-order valence-electron chi connectivity index (χ2n) is 7.28. The highest BCUT2D eigenvalue weighted by molar-refractivity contribution is 5.96. The predicted molar refractivity (Wildman–Crippen MR) is 109 cm³/mol. The van der Waals surface area contributed by atoms with Crippen LogP contribution in [0.4, 0.5) is 5.69 Å². The summed E-state index contributed by atoms with van der Waals surface area (Å²) in [6.45, 7) is 0.841. The maximum Gasteiger partial charge on any atom is 0.227 e. The van der Waals surface area contributed by atoms with Gasteiger partial charge in [0.25, 0.3) is 0 Å². The number of carbonyl (C=O) groups excluding carboxylic acids is 2. The molecule has 2 aromatic heterocycles. The van der Waals surface area contributed by atoms with E-state index in [2.05, 4.69) is 10.3 Å². The number of hydrogen-bond acceptors (Lipinski definition) is 4. The van der Waals surface area contributed by atoms with Crippen LogP contribution in [-0.4, -0.2) is 21.7 Å². The first-order valence-corrected chi connectivity index (χ1v) is 9.77. The summed E-state index contributed by atoms with van der Waals surface area (Å²) >= 11 is 0. The average molecular weight is 389 g/mol. The molecule has 0 bridgehead atoms. The van der Waals surface area contributed by atoms with Gasteiger partial charge < -0.3 is 14.6 Å². The summed E-state index contributed by atoms with van der Waals surface area (Å²) in [4.78, 5) is 31.3. The lowest BCUT2D eigenvalue weighted by molar-refractivity contribution is -0.133. The number of pyridine rings is 1. The van der Waals surface area contributed by atoms with Crippen molar-refractivity contribution in [1.82, 2.24) is 9.88 Å². The summed E-state index contributed by atoms with van der Waals surface area (Å²) in [5.74, 6) is 0.516. The Hall–Kier alpha value is -3.41. The second kappa shape index (κ2) is 8.73. The van der Waals surface area contributed by atoms with Crippen molar-refractivity contribution in [1.29, 1.82) is 0 Å². The van der Waals surface area contributed by atoms with E-state index in [1.54, 1.807) is 23.6 Å². The van der Waals surface area contributed by atoms with Crippen LogP contribution < -0.4 is 5.32 Å². The Morgan fingerprint density at radius 1 is 1.14 bits per heavy atom. The average Bonchev–Trinajstić information content (AvgIpc) is 3.25. The molecule has 2 amide bonds. The van der Waals surface area contributed by atoms with Crippen molar-refractivity contribution in [3.8, 4) is 0 Å². The van der Waals surface area contributed by atoms with Gasteiger partial charge in [-0.2, -0.15) is 0 Å². The molecule has 0 spiro atoms. The van der Waals surface area contributed by atoms with Gasteiger partial charge in [-0.1, -0.05) is 24.3 Å². The number of fused-ring (bicyclic) bond motifs is 1. The molecule has 29 heavy (non-hydrogen) atoms. The zero-order chi connectivity index (χ0) is 20.1. The molecule has 0 fully saturated rings. The van der Waals surface area contributed by atoms with Gasteiger partial charge in [0.2, 0.25) is 11.8 Å². The standard InChI is InChI=1S/C23H23N3O3/c27-22(10-9-19-13-18-6-1-2-8-21(18)25-23(19)28)26(16-20-7-4-12-29-20)15-17-5-3-11-24-14-17/h1-8,11-12,14,19H,9-10,13,15-16H2,(H,25,28). The summed E-state index contributed by atoms with van der Waals surface area (Å²) < 4.78 is 5.43. The number of anilines is 1. The second-order valence-corrected chi connectivity index (χ2v) is 7.28. The number of hydrogen-bond donors (Lipinski definition) is 1. The third kappa shape index (κ3) is 4.71. The van der Waals surface area contributed by atoms with Gasteiger partial charge in [0.05, 0.1) is 12.8 Å². The Labute approximate surface area is 169 Å². The first-order valence-electron chi connectivity index (χ1n) is 9.77. The van der Waals surface area contributed by atoms with Crippen LogP contribution in [-0.2, 0) is 29.1 Å². The Morgan fingerprint density at radius 2 is 2.03 bits per heavy atom. The number of aromatic nitrogens is 1. The third-order valence-corrected chi connectivity index (χ3v) is 5.19. The highest BCUT2D eigenvalue weighted by atomic mass is 16.3. The van der Waals surface area contributed by atoms with E-state index in [-0.39, 0.29) is 17.7 Å². The number of nitrogens with zero attached hydrogens (tertiary/aromatic N) is 2. The van der Waals surface area contributed by atoms with Gasteiger partial charge in [0.15, 0.2) is 0 Å². The fraction of sp³-hybridized carbons (Fsp3) is 0.261. The SMILES string of the molecule is O=C1Nc2ccccc2CC1CCC(=O)N(Cc1cccnc1)Cc1ccco1. The molecular formula is C23H23N3O3. The van der Waals surface area contributed by atoms with E-state index >= 15 is 0 Å². The van der Waals surface area contributed by atoms with Crippen LogP contribution in [0.2, 0.25) is 0 Å². The zero-order valence-corrected chi connectivity index (χ0v) is 16.1. The number of rotatable bonds is 7. The first-order chi connectivity index (χ1) is 14.2. The Balaban J connectivity index is 1.41. The highest BCUT2D eigenvalue weighted by Crippen LogP contribution is 2.28. The Morgan fingerprint density at radius 3 is 2.83 bits per heavy atom. The van der Waals surface area contributed by atoms with Crippen molar-refractivity contribution in [3.63, 3.8) is 0 Å². The summed E-state index contributed by atoms with van der Waals surface area (Å²) in [7, 11) is 0.